The largest absolute Gasteiger partial charge is 0.363 e. The molecule has 0 aliphatic rings. The van der Waals surface area contributed by atoms with Gasteiger partial charge in [0.25, 0.3) is 0 Å². The molecule has 0 rings (SSSR count). The highest BCUT2D eigenvalue weighted by atomic mass is 31.1. The lowest BCUT2D eigenvalue weighted by atomic mass is 10.2. The molecule has 0 amide bonds. The van der Waals surface area contributed by atoms with Crippen LogP contribution in [0.5, 0.6) is 0 Å². The van der Waals surface area contributed by atoms with Crippen LogP contribution in [0.2, 0.25) is 0 Å². The first kappa shape index (κ1) is 25.0. The molecule has 138 valence electrons. The molecule has 0 spiro atoms. The number of rotatable bonds is 15. The fraction of sp³-hybridized carbons (Fsp3) is 0.944. The molecule has 0 fully saturated rings. The van der Waals surface area contributed by atoms with Gasteiger partial charge in [0.05, 0.1) is 19.3 Å². The Balaban J connectivity index is 0. The summed E-state index contributed by atoms with van der Waals surface area (Å²) in [5.41, 5.74) is 0. The molecule has 5 heteroatoms. The van der Waals surface area contributed by atoms with E-state index in [0.717, 1.165) is 51.9 Å². The van der Waals surface area contributed by atoms with Crippen molar-refractivity contribution in [1.29, 1.82) is 5.26 Å². The van der Waals surface area contributed by atoms with E-state index in [4.69, 9.17) is 19.0 Å². The Bertz CT molecular complexity index is 239. The van der Waals surface area contributed by atoms with Gasteiger partial charge in [-0.3, -0.25) is 0 Å². The first-order valence-electron chi connectivity index (χ1n) is 9.26. The van der Waals surface area contributed by atoms with Crippen LogP contribution in [0.1, 0.15) is 85.5 Å². The van der Waals surface area contributed by atoms with Gasteiger partial charge in [0.2, 0.25) is 0 Å². The normalized spacial score (nSPS) is 11.4. The average Bonchev–Trinajstić information content (AvgIpc) is 2.57. The molecule has 1 atom stereocenters. The second-order valence-electron chi connectivity index (χ2n) is 5.47. The van der Waals surface area contributed by atoms with Crippen molar-refractivity contribution in [2.24, 2.45) is 0 Å². The van der Waals surface area contributed by atoms with E-state index < -0.39 is 0 Å². The van der Waals surface area contributed by atoms with Gasteiger partial charge in [-0.15, -0.1) is 0 Å². The van der Waals surface area contributed by atoms with Gasteiger partial charge in [-0.05, 0) is 25.7 Å². The van der Waals surface area contributed by atoms with Crippen LogP contribution in [0, 0.1) is 11.3 Å². The van der Waals surface area contributed by atoms with E-state index in [2.05, 4.69) is 33.8 Å². The molecule has 0 N–H and O–H groups in total. The van der Waals surface area contributed by atoms with E-state index in [0.29, 0.717) is 0 Å². The van der Waals surface area contributed by atoms with Crippen molar-refractivity contribution in [3.8, 4) is 6.07 Å². The predicted octanol–water partition coefficient (Wildman–Crippen LogP) is 6.01. The number of hydrogen-bond donors (Lipinski definition) is 0. The van der Waals surface area contributed by atoms with Gasteiger partial charge >= 0.3 is 0 Å². The van der Waals surface area contributed by atoms with Crippen molar-refractivity contribution in [1.82, 2.24) is 0 Å². The third-order valence-electron chi connectivity index (χ3n) is 3.08. The number of hydrogen-bond acceptors (Lipinski definition) is 4. The van der Waals surface area contributed by atoms with E-state index >= 15 is 0 Å². The highest BCUT2D eigenvalue weighted by Gasteiger charge is 2.04. The summed E-state index contributed by atoms with van der Waals surface area (Å²) in [5, 5.41) is 8.64. The Labute approximate surface area is 146 Å². The average molecular weight is 347 g/mol. The van der Waals surface area contributed by atoms with Crippen LogP contribution in [0.4, 0.5) is 0 Å². The standard InChI is InChI=1S/C10H19NO.C8H19O2P/c1-3-5-6-8-12-10(9-11)7-4-2;1-3-5-7-9-11-10-8-6-4-2/h10H,3-8H2,1-2H3;11H,3-8H2,1-2H3. The zero-order valence-corrected chi connectivity index (χ0v) is 16.7. The highest BCUT2D eigenvalue weighted by Crippen LogP contribution is 2.14. The van der Waals surface area contributed by atoms with Crippen LogP contribution >= 0.6 is 9.03 Å². The van der Waals surface area contributed by atoms with Gasteiger partial charge < -0.3 is 13.8 Å². The number of unbranched alkanes of at least 4 members (excludes halogenated alkanes) is 4. The molecular weight excluding hydrogens is 309 g/mol. The molecule has 0 aromatic rings. The number of nitriles is 1. The zero-order valence-electron chi connectivity index (χ0n) is 15.7. The first-order chi connectivity index (χ1) is 11.3. The van der Waals surface area contributed by atoms with E-state index in [-0.39, 0.29) is 15.1 Å². The van der Waals surface area contributed by atoms with Crippen LogP contribution < -0.4 is 0 Å². The Morgan fingerprint density at radius 2 is 1.35 bits per heavy atom. The predicted molar refractivity (Wildman–Crippen MR) is 99.8 cm³/mol. The minimum atomic E-state index is -0.174. The molecule has 0 aromatic heterocycles. The Morgan fingerprint density at radius 3 is 1.78 bits per heavy atom. The van der Waals surface area contributed by atoms with Crippen LogP contribution in [0.3, 0.4) is 0 Å². The fourth-order valence-electron chi connectivity index (χ4n) is 1.58. The molecule has 0 bridgehead atoms. The summed E-state index contributed by atoms with van der Waals surface area (Å²) >= 11 is 0. The Morgan fingerprint density at radius 1 is 0.783 bits per heavy atom. The summed E-state index contributed by atoms with van der Waals surface area (Å²) in [7, 11) is 0.252. The molecule has 0 aromatic carbocycles. The first-order valence-corrected chi connectivity index (χ1v) is 10.1. The maximum atomic E-state index is 8.64. The lowest BCUT2D eigenvalue weighted by molar-refractivity contribution is 0.0809. The van der Waals surface area contributed by atoms with Crippen molar-refractivity contribution in [2.75, 3.05) is 19.8 Å². The fourth-order valence-corrected chi connectivity index (χ4v) is 2.12. The zero-order chi connectivity index (χ0) is 17.6. The molecule has 23 heavy (non-hydrogen) atoms. The molecule has 0 radical (unpaired) electrons. The van der Waals surface area contributed by atoms with Crippen LogP contribution in [-0.2, 0) is 13.8 Å². The molecule has 0 aliphatic carbocycles. The van der Waals surface area contributed by atoms with Gasteiger partial charge in [-0.25, -0.2) is 0 Å². The van der Waals surface area contributed by atoms with E-state index in [1.807, 2.05) is 0 Å². The molecule has 0 saturated heterocycles. The molecule has 4 nitrogen and oxygen atoms in total. The summed E-state index contributed by atoms with van der Waals surface area (Å²) < 4.78 is 15.8. The van der Waals surface area contributed by atoms with Crippen LogP contribution in [-0.4, -0.2) is 25.9 Å². The van der Waals surface area contributed by atoms with Crippen molar-refractivity contribution in [3.63, 3.8) is 0 Å². The molecule has 1 unspecified atom stereocenters. The Kier molecular flexibility index (Phi) is 26.2. The molecular formula is C18H38NO3P. The Hall–Kier alpha value is -0.200. The third kappa shape index (κ3) is 24.2. The monoisotopic (exact) mass is 347 g/mol. The van der Waals surface area contributed by atoms with Gasteiger partial charge in [-0.1, -0.05) is 59.8 Å². The van der Waals surface area contributed by atoms with Crippen LogP contribution in [0.25, 0.3) is 0 Å². The number of ether oxygens (including phenoxy) is 1. The topological polar surface area (TPSA) is 51.5 Å². The van der Waals surface area contributed by atoms with Crippen molar-refractivity contribution in [3.05, 3.63) is 0 Å². The molecule has 0 saturated carbocycles. The van der Waals surface area contributed by atoms with Gasteiger partial charge in [0, 0.05) is 6.61 Å². The van der Waals surface area contributed by atoms with Gasteiger partial charge in [0.1, 0.15) is 6.10 Å². The van der Waals surface area contributed by atoms with Crippen molar-refractivity contribution in [2.45, 2.75) is 91.6 Å². The lowest BCUT2D eigenvalue weighted by Gasteiger charge is -2.08. The van der Waals surface area contributed by atoms with Crippen LogP contribution in [0.15, 0.2) is 0 Å². The summed E-state index contributed by atoms with van der Waals surface area (Å²) in [6, 6.07) is 2.16. The number of nitrogens with zero attached hydrogens (tertiary/aromatic N) is 1. The van der Waals surface area contributed by atoms with Gasteiger partial charge in [0.15, 0.2) is 9.03 Å². The third-order valence-corrected chi connectivity index (χ3v) is 3.72. The maximum Gasteiger partial charge on any atom is 0.155 e. The minimum absolute atomic E-state index is 0.174. The van der Waals surface area contributed by atoms with E-state index in [1.54, 1.807) is 0 Å². The molecule has 0 heterocycles. The van der Waals surface area contributed by atoms with Gasteiger partial charge in [-0.2, -0.15) is 5.26 Å². The highest BCUT2D eigenvalue weighted by molar-refractivity contribution is 7.26. The van der Waals surface area contributed by atoms with E-state index in [1.165, 1.54) is 25.7 Å². The maximum absolute atomic E-state index is 8.64. The second-order valence-corrected chi connectivity index (χ2v) is 6.22. The quantitative estimate of drug-likeness (QED) is 0.269. The SMILES string of the molecule is CCCCCOC(C#N)CCC.CCCCOPOCCCC. The summed E-state index contributed by atoms with van der Waals surface area (Å²) in [6.07, 6.45) is 9.87. The van der Waals surface area contributed by atoms with E-state index in [9.17, 15) is 0 Å². The minimum Gasteiger partial charge on any atom is -0.363 e. The summed E-state index contributed by atoms with van der Waals surface area (Å²) in [4.78, 5) is 0. The lowest BCUT2D eigenvalue weighted by Crippen LogP contribution is -2.10. The van der Waals surface area contributed by atoms with Crippen molar-refractivity contribution >= 4 is 9.03 Å². The summed E-state index contributed by atoms with van der Waals surface area (Å²) in [6.45, 7) is 11.0. The molecule has 0 aliphatic heterocycles. The second kappa shape index (κ2) is 24.1. The van der Waals surface area contributed by atoms with Crippen molar-refractivity contribution < 1.29 is 13.8 Å². The summed E-state index contributed by atoms with van der Waals surface area (Å²) in [5.74, 6) is 0. The smallest absolute Gasteiger partial charge is 0.155 e.